The number of rotatable bonds is 7. The fraction of sp³-hybridized carbons (Fsp3) is 0.222. The molecule has 0 aliphatic heterocycles. The molecular weight excluding hydrogens is 306 g/mol. The molecular formula is C18H21N3OS. The van der Waals surface area contributed by atoms with Crippen molar-refractivity contribution in [1.82, 2.24) is 4.90 Å². The maximum Gasteiger partial charge on any atom is 0.238 e. The molecule has 0 aliphatic rings. The van der Waals surface area contributed by atoms with Gasteiger partial charge in [-0.05, 0) is 24.2 Å². The lowest BCUT2D eigenvalue weighted by Gasteiger charge is -2.20. The molecule has 2 aromatic rings. The number of thiocarbonyl (C=S) groups is 1. The van der Waals surface area contributed by atoms with Gasteiger partial charge in [0.15, 0.2) is 0 Å². The lowest BCUT2D eigenvalue weighted by molar-refractivity contribution is -0.117. The van der Waals surface area contributed by atoms with Crippen LogP contribution in [0.2, 0.25) is 0 Å². The Kier molecular flexibility index (Phi) is 6.26. The lowest BCUT2D eigenvalue weighted by Crippen LogP contribution is -2.32. The molecule has 3 N–H and O–H groups in total. The first-order valence-corrected chi connectivity index (χ1v) is 7.95. The zero-order valence-corrected chi connectivity index (χ0v) is 14.0. The van der Waals surface area contributed by atoms with Gasteiger partial charge in [-0.3, -0.25) is 9.69 Å². The van der Waals surface area contributed by atoms with E-state index in [-0.39, 0.29) is 5.91 Å². The Morgan fingerprint density at radius 1 is 1.17 bits per heavy atom. The van der Waals surface area contributed by atoms with Crippen LogP contribution < -0.4 is 11.1 Å². The Morgan fingerprint density at radius 2 is 1.91 bits per heavy atom. The van der Waals surface area contributed by atoms with Crippen molar-refractivity contribution in [3.8, 4) is 0 Å². The minimum absolute atomic E-state index is 0.0529. The van der Waals surface area contributed by atoms with Crippen molar-refractivity contribution < 1.29 is 4.79 Å². The first-order chi connectivity index (χ1) is 11.1. The monoisotopic (exact) mass is 327 g/mol. The maximum atomic E-state index is 12.2. The average molecular weight is 327 g/mol. The topological polar surface area (TPSA) is 58.4 Å². The Bertz CT molecular complexity index is 673. The van der Waals surface area contributed by atoms with Crippen LogP contribution in [0.3, 0.4) is 0 Å². The van der Waals surface area contributed by atoms with Gasteiger partial charge in [-0.1, -0.05) is 61.6 Å². The molecule has 0 saturated heterocycles. The summed E-state index contributed by atoms with van der Waals surface area (Å²) in [6, 6.07) is 17.4. The summed E-state index contributed by atoms with van der Waals surface area (Å²) < 4.78 is 0. The molecule has 0 saturated carbocycles. The molecule has 1 amide bonds. The van der Waals surface area contributed by atoms with E-state index in [2.05, 4.69) is 22.3 Å². The SMILES string of the molecule is CCN(CC(=O)Nc1cccc(C(N)=S)c1)Cc1ccccc1. The zero-order valence-electron chi connectivity index (χ0n) is 13.2. The van der Waals surface area contributed by atoms with Crippen molar-refractivity contribution in [1.29, 1.82) is 0 Å². The van der Waals surface area contributed by atoms with Gasteiger partial charge in [-0.15, -0.1) is 0 Å². The lowest BCUT2D eigenvalue weighted by atomic mass is 10.2. The van der Waals surface area contributed by atoms with Crippen LogP contribution in [0, 0.1) is 0 Å². The van der Waals surface area contributed by atoms with Gasteiger partial charge < -0.3 is 11.1 Å². The number of benzene rings is 2. The molecule has 0 unspecified atom stereocenters. The van der Waals surface area contributed by atoms with Crippen LogP contribution >= 0.6 is 12.2 Å². The standard InChI is InChI=1S/C18H21N3OS/c1-2-21(12-14-7-4-3-5-8-14)13-17(22)20-16-10-6-9-15(11-16)18(19)23/h3-11H,2,12-13H2,1H3,(H2,19,23)(H,20,22). The number of nitrogens with zero attached hydrogens (tertiary/aromatic N) is 1. The van der Waals surface area contributed by atoms with E-state index in [4.69, 9.17) is 18.0 Å². The van der Waals surface area contributed by atoms with E-state index >= 15 is 0 Å². The fourth-order valence-corrected chi connectivity index (χ4v) is 2.40. The predicted octanol–water partition coefficient (Wildman–Crippen LogP) is 2.78. The molecule has 0 heterocycles. The van der Waals surface area contributed by atoms with Gasteiger partial charge in [0.1, 0.15) is 4.99 Å². The van der Waals surface area contributed by atoms with Crippen LogP contribution in [0.4, 0.5) is 5.69 Å². The van der Waals surface area contributed by atoms with E-state index in [0.717, 1.165) is 18.7 Å². The number of hydrogen-bond acceptors (Lipinski definition) is 3. The molecule has 0 atom stereocenters. The second-order valence-electron chi connectivity index (χ2n) is 5.28. The molecule has 120 valence electrons. The predicted molar refractivity (Wildman–Crippen MR) is 98.4 cm³/mol. The Balaban J connectivity index is 1.95. The molecule has 0 aliphatic carbocycles. The van der Waals surface area contributed by atoms with Gasteiger partial charge >= 0.3 is 0 Å². The first kappa shape index (κ1) is 17.1. The van der Waals surface area contributed by atoms with E-state index in [1.807, 2.05) is 43.3 Å². The van der Waals surface area contributed by atoms with Crippen LogP contribution in [0.5, 0.6) is 0 Å². The third-order valence-electron chi connectivity index (χ3n) is 3.49. The highest BCUT2D eigenvalue weighted by Crippen LogP contribution is 2.11. The van der Waals surface area contributed by atoms with Gasteiger partial charge in [-0.25, -0.2) is 0 Å². The van der Waals surface area contributed by atoms with E-state index in [1.165, 1.54) is 5.56 Å². The van der Waals surface area contributed by atoms with Gasteiger partial charge in [0.25, 0.3) is 0 Å². The van der Waals surface area contributed by atoms with Crippen LogP contribution in [-0.2, 0) is 11.3 Å². The summed E-state index contributed by atoms with van der Waals surface area (Å²) in [7, 11) is 0. The second kappa shape index (κ2) is 8.41. The van der Waals surface area contributed by atoms with Crippen molar-refractivity contribution in [2.45, 2.75) is 13.5 Å². The Morgan fingerprint density at radius 3 is 2.57 bits per heavy atom. The van der Waals surface area contributed by atoms with E-state index < -0.39 is 0 Å². The highest BCUT2D eigenvalue weighted by atomic mass is 32.1. The fourth-order valence-electron chi connectivity index (χ4n) is 2.27. The number of carbonyl (C=O) groups is 1. The van der Waals surface area contributed by atoms with E-state index in [1.54, 1.807) is 6.07 Å². The van der Waals surface area contributed by atoms with Crippen molar-refractivity contribution in [3.63, 3.8) is 0 Å². The molecule has 0 fully saturated rings. The van der Waals surface area contributed by atoms with Crippen LogP contribution in [0.15, 0.2) is 54.6 Å². The molecule has 5 heteroatoms. The van der Waals surface area contributed by atoms with Crippen LogP contribution in [0.1, 0.15) is 18.1 Å². The summed E-state index contributed by atoms with van der Waals surface area (Å²) in [6.07, 6.45) is 0. The third-order valence-corrected chi connectivity index (χ3v) is 3.73. The number of likely N-dealkylation sites (N-methyl/N-ethyl adjacent to an activating group) is 1. The number of nitrogens with two attached hydrogens (primary N) is 1. The van der Waals surface area contributed by atoms with Crippen LogP contribution in [0.25, 0.3) is 0 Å². The maximum absolute atomic E-state index is 12.2. The quantitative estimate of drug-likeness (QED) is 0.768. The second-order valence-corrected chi connectivity index (χ2v) is 5.72. The number of anilines is 1. The summed E-state index contributed by atoms with van der Waals surface area (Å²) in [5.74, 6) is -0.0529. The van der Waals surface area contributed by atoms with Crippen molar-refractivity contribution in [2.75, 3.05) is 18.4 Å². The van der Waals surface area contributed by atoms with Crippen molar-refractivity contribution in [3.05, 3.63) is 65.7 Å². The summed E-state index contributed by atoms with van der Waals surface area (Å²) in [4.78, 5) is 14.6. The highest BCUT2D eigenvalue weighted by molar-refractivity contribution is 7.80. The normalized spacial score (nSPS) is 10.5. The molecule has 4 nitrogen and oxygen atoms in total. The molecule has 0 aromatic heterocycles. The minimum Gasteiger partial charge on any atom is -0.389 e. The smallest absolute Gasteiger partial charge is 0.238 e. The van der Waals surface area contributed by atoms with Crippen molar-refractivity contribution >= 4 is 28.8 Å². The summed E-state index contributed by atoms with van der Waals surface area (Å²) in [5.41, 5.74) is 8.25. The third kappa shape index (κ3) is 5.47. The molecule has 2 rings (SSSR count). The van der Waals surface area contributed by atoms with Crippen LogP contribution in [-0.4, -0.2) is 28.9 Å². The average Bonchev–Trinajstić information content (AvgIpc) is 2.55. The van der Waals surface area contributed by atoms with Gasteiger partial charge in [0.05, 0.1) is 6.54 Å². The molecule has 2 aromatic carbocycles. The zero-order chi connectivity index (χ0) is 16.7. The summed E-state index contributed by atoms with van der Waals surface area (Å²) >= 11 is 4.95. The minimum atomic E-state index is -0.0529. The molecule has 0 spiro atoms. The Labute approximate surface area is 142 Å². The van der Waals surface area contributed by atoms with Gasteiger partial charge in [-0.2, -0.15) is 0 Å². The van der Waals surface area contributed by atoms with Gasteiger partial charge in [0, 0.05) is 17.8 Å². The number of nitrogens with one attached hydrogen (secondary N) is 1. The number of amides is 1. The Hall–Kier alpha value is -2.24. The molecule has 0 radical (unpaired) electrons. The van der Waals surface area contributed by atoms with E-state index in [0.29, 0.717) is 17.2 Å². The first-order valence-electron chi connectivity index (χ1n) is 7.54. The highest BCUT2D eigenvalue weighted by Gasteiger charge is 2.10. The van der Waals surface area contributed by atoms with Gasteiger partial charge in [0.2, 0.25) is 5.91 Å². The largest absolute Gasteiger partial charge is 0.389 e. The molecule has 23 heavy (non-hydrogen) atoms. The summed E-state index contributed by atoms with van der Waals surface area (Å²) in [6.45, 7) is 3.93. The van der Waals surface area contributed by atoms with E-state index in [9.17, 15) is 4.79 Å². The number of hydrogen-bond donors (Lipinski definition) is 2. The summed E-state index contributed by atoms with van der Waals surface area (Å²) in [5, 5.41) is 2.89. The number of carbonyl (C=O) groups excluding carboxylic acids is 1. The molecule has 0 bridgehead atoms. The van der Waals surface area contributed by atoms with Crippen molar-refractivity contribution in [2.24, 2.45) is 5.73 Å².